The van der Waals surface area contributed by atoms with Gasteiger partial charge in [0.2, 0.25) is 0 Å². The number of carbonyl (C=O) groups excluding carboxylic acids is 1. The van der Waals surface area contributed by atoms with Gasteiger partial charge in [-0.1, -0.05) is 44.2 Å². The van der Waals surface area contributed by atoms with Crippen molar-refractivity contribution in [3.05, 3.63) is 64.1 Å². The molecular formula is C22H22BrNO5. The fourth-order valence-electron chi connectivity index (χ4n) is 2.46. The first kappa shape index (κ1) is 22.4. The minimum absolute atomic E-state index is 0.147. The molecule has 2 aromatic carbocycles. The molecule has 0 bridgehead atoms. The first-order valence-corrected chi connectivity index (χ1v) is 9.69. The molecule has 0 fully saturated rings. The third-order valence-electron chi connectivity index (χ3n) is 3.93. The van der Waals surface area contributed by atoms with Gasteiger partial charge in [-0.3, -0.25) is 4.99 Å². The maximum Gasteiger partial charge on any atom is 0.336 e. The summed E-state index contributed by atoms with van der Waals surface area (Å²) in [6.45, 7) is 3.58. The van der Waals surface area contributed by atoms with Crippen molar-refractivity contribution in [3.63, 3.8) is 0 Å². The molecule has 1 atom stereocenters. The first-order chi connectivity index (χ1) is 13.8. The van der Waals surface area contributed by atoms with Crippen molar-refractivity contribution in [2.75, 3.05) is 7.11 Å². The number of hydrogen-bond acceptors (Lipinski definition) is 5. The number of nitrogens with zero attached hydrogens (tertiary/aromatic N) is 1. The third kappa shape index (κ3) is 6.57. The fraction of sp³-hybridized carbons (Fsp3) is 0.227. The van der Waals surface area contributed by atoms with Crippen LogP contribution >= 0.6 is 15.9 Å². The Morgan fingerprint density at radius 2 is 1.83 bits per heavy atom. The number of aliphatic imine (C=N–C) groups is 1. The molecule has 0 aliphatic carbocycles. The Bertz CT molecular complexity index is 922. The zero-order valence-corrected chi connectivity index (χ0v) is 17.9. The number of esters is 1. The summed E-state index contributed by atoms with van der Waals surface area (Å²) >= 11 is 3.37. The largest absolute Gasteiger partial charge is 0.493 e. The maximum absolute atomic E-state index is 12.2. The Morgan fingerprint density at radius 3 is 2.41 bits per heavy atom. The number of hydrogen-bond donors (Lipinski definition) is 1. The number of aliphatic carboxylic acids is 1. The SMILES string of the molecule is COc1cc(C=NC(C(=O)O)C(C)C)cc(Br)c1OC(=O)C=Cc1ccccc1. The molecule has 0 spiro atoms. The Kier molecular flexibility index (Phi) is 8.15. The monoisotopic (exact) mass is 459 g/mol. The number of carboxylic acids is 1. The van der Waals surface area contributed by atoms with Crippen molar-refractivity contribution in [1.82, 2.24) is 0 Å². The van der Waals surface area contributed by atoms with Crippen molar-refractivity contribution in [3.8, 4) is 11.5 Å². The standard InChI is InChI=1S/C22H22BrNO5/c1-14(2)20(22(26)27)24-13-16-11-17(23)21(18(12-16)28-3)29-19(25)10-9-15-7-5-4-6-8-15/h4-14,20H,1-3H3,(H,26,27). The molecular weight excluding hydrogens is 438 g/mol. The highest BCUT2D eigenvalue weighted by atomic mass is 79.9. The summed E-state index contributed by atoms with van der Waals surface area (Å²) in [7, 11) is 1.45. The molecule has 2 rings (SSSR count). The van der Waals surface area contributed by atoms with Gasteiger partial charge >= 0.3 is 11.9 Å². The average molecular weight is 460 g/mol. The molecule has 1 unspecified atom stereocenters. The lowest BCUT2D eigenvalue weighted by Crippen LogP contribution is -2.24. The van der Waals surface area contributed by atoms with Gasteiger partial charge in [0, 0.05) is 12.3 Å². The van der Waals surface area contributed by atoms with Gasteiger partial charge in [-0.05, 0) is 51.2 Å². The molecule has 0 amide bonds. The van der Waals surface area contributed by atoms with Crippen LogP contribution in [0.3, 0.4) is 0 Å². The van der Waals surface area contributed by atoms with Crippen LogP contribution < -0.4 is 9.47 Å². The van der Waals surface area contributed by atoms with Crippen LogP contribution in [0.1, 0.15) is 25.0 Å². The van der Waals surface area contributed by atoms with E-state index in [4.69, 9.17) is 9.47 Å². The minimum atomic E-state index is -0.988. The summed E-state index contributed by atoms with van der Waals surface area (Å²) in [6, 6.07) is 11.8. The van der Waals surface area contributed by atoms with Crippen molar-refractivity contribution in [2.45, 2.75) is 19.9 Å². The molecule has 0 saturated carbocycles. The van der Waals surface area contributed by atoms with Crippen molar-refractivity contribution in [1.29, 1.82) is 0 Å². The van der Waals surface area contributed by atoms with Gasteiger partial charge in [0.15, 0.2) is 11.5 Å². The van der Waals surface area contributed by atoms with E-state index >= 15 is 0 Å². The summed E-state index contributed by atoms with van der Waals surface area (Å²) in [5.74, 6) is -1.14. The number of ether oxygens (including phenoxy) is 2. The van der Waals surface area contributed by atoms with E-state index in [1.54, 1.807) is 32.1 Å². The number of methoxy groups -OCH3 is 1. The first-order valence-electron chi connectivity index (χ1n) is 8.90. The number of halogens is 1. The van der Waals surface area contributed by atoms with Crippen LogP contribution in [0.5, 0.6) is 11.5 Å². The Hall–Kier alpha value is -2.93. The van der Waals surface area contributed by atoms with Crippen molar-refractivity contribution < 1.29 is 24.2 Å². The van der Waals surface area contributed by atoms with E-state index in [9.17, 15) is 14.7 Å². The summed E-state index contributed by atoms with van der Waals surface area (Å²) in [5, 5.41) is 9.24. The van der Waals surface area contributed by atoms with Crippen LogP contribution in [0.4, 0.5) is 0 Å². The molecule has 1 N–H and O–H groups in total. The van der Waals surface area contributed by atoms with Crippen LogP contribution in [-0.4, -0.2) is 36.4 Å². The van der Waals surface area contributed by atoms with Crippen LogP contribution in [-0.2, 0) is 9.59 Å². The van der Waals surface area contributed by atoms with E-state index in [0.717, 1.165) is 5.56 Å². The van der Waals surface area contributed by atoms with Gasteiger partial charge < -0.3 is 14.6 Å². The molecule has 0 heterocycles. The minimum Gasteiger partial charge on any atom is -0.493 e. The van der Waals surface area contributed by atoms with E-state index in [1.807, 2.05) is 30.3 Å². The van der Waals surface area contributed by atoms with E-state index in [-0.39, 0.29) is 11.7 Å². The lowest BCUT2D eigenvalue weighted by Gasteiger charge is -2.12. The second-order valence-corrected chi connectivity index (χ2v) is 7.36. The fourth-order valence-corrected chi connectivity index (χ4v) is 3.00. The molecule has 0 aliphatic rings. The zero-order chi connectivity index (χ0) is 21.4. The number of carbonyl (C=O) groups is 2. The highest BCUT2D eigenvalue weighted by Gasteiger charge is 2.20. The number of carboxylic acid groups (broad SMARTS) is 1. The molecule has 0 saturated heterocycles. The lowest BCUT2D eigenvalue weighted by molar-refractivity contribution is -0.139. The predicted octanol–water partition coefficient (Wildman–Crippen LogP) is 4.60. The van der Waals surface area contributed by atoms with Gasteiger partial charge in [-0.2, -0.15) is 0 Å². The van der Waals surface area contributed by atoms with Gasteiger partial charge in [0.25, 0.3) is 0 Å². The second kappa shape index (κ2) is 10.6. The summed E-state index contributed by atoms with van der Waals surface area (Å²) in [6.07, 6.45) is 4.45. The second-order valence-electron chi connectivity index (χ2n) is 6.50. The molecule has 29 heavy (non-hydrogen) atoms. The number of benzene rings is 2. The summed E-state index contributed by atoms with van der Waals surface area (Å²) < 4.78 is 11.2. The van der Waals surface area contributed by atoms with Gasteiger partial charge in [0.1, 0.15) is 6.04 Å². The molecule has 0 aliphatic heterocycles. The van der Waals surface area contributed by atoms with Crippen LogP contribution in [0.15, 0.2) is 58.0 Å². The predicted molar refractivity (Wildman–Crippen MR) is 116 cm³/mol. The van der Waals surface area contributed by atoms with E-state index < -0.39 is 18.0 Å². The molecule has 0 aromatic heterocycles. The molecule has 7 heteroatoms. The average Bonchev–Trinajstić information content (AvgIpc) is 2.68. The topological polar surface area (TPSA) is 85.2 Å². The zero-order valence-electron chi connectivity index (χ0n) is 16.3. The molecule has 6 nitrogen and oxygen atoms in total. The summed E-state index contributed by atoms with van der Waals surface area (Å²) in [4.78, 5) is 27.6. The van der Waals surface area contributed by atoms with E-state index in [1.165, 1.54) is 19.4 Å². The van der Waals surface area contributed by atoms with Crippen molar-refractivity contribution in [2.24, 2.45) is 10.9 Å². The van der Waals surface area contributed by atoms with Gasteiger partial charge in [-0.25, -0.2) is 9.59 Å². The molecule has 0 radical (unpaired) electrons. The maximum atomic E-state index is 12.2. The van der Waals surface area contributed by atoms with Crippen molar-refractivity contribution >= 4 is 40.2 Å². The smallest absolute Gasteiger partial charge is 0.336 e. The highest BCUT2D eigenvalue weighted by Crippen LogP contribution is 2.36. The van der Waals surface area contributed by atoms with Crippen LogP contribution in [0, 0.1) is 5.92 Å². The molecule has 2 aromatic rings. The quantitative estimate of drug-likeness (QED) is 0.269. The third-order valence-corrected chi connectivity index (χ3v) is 4.52. The summed E-state index contributed by atoms with van der Waals surface area (Å²) in [5.41, 5.74) is 1.49. The number of rotatable bonds is 8. The van der Waals surface area contributed by atoms with E-state index in [0.29, 0.717) is 15.8 Å². The van der Waals surface area contributed by atoms with Crippen LogP contribution in [0.25, 0.3) is 6.08 Å². The Balaban J connectivity index is 2.20. The Labute approximate surface area is 178 Å². The van der Waals surface area contributed by atoms with Gasteiger partial charge in [-0.15, -0.1) is 0 Å². The van der Waals surface area contributed by atoms with Crippen LogP contribution in [0.2, 0.25) is 0 Å². The molecule has 152 valence electrons. The normalized spacial score (nSPS) is 12.4. The lowest BCUT2D eigenvalue weighted by atomic mass is 10.1. The van der Waals surface area contributed by atoms with E-state index in [2.05, 4.69) is 20.9 Å². The Morgan fingerprint density at radius 1 is 1.14 bits per heavy atom. The highest BCUT2D eigenvalue weighted by molar-refractivity contribution is 9.10. The van der Waals surface area contributed by atoms with Gasteiger partial charge in [0.05, 0.1) is 11.6 Å².